The number of aliphatic carboxylic acids is 1. The number of hydrogen-bond acceptors (Lipinski definition) is 3. The summed E-state index contributed by atoms with van der Waals surface area (Å²) in [6.07, 6.45) is 0.314. The fourth-order valence-corrected chi connectivity index (χ4v) is 2.26. The zero-order valence-electron chi connectivity index (χ0n) is 7.93. The average Bonchev–Trinajstić information content (AvgIpc) is 2.59. The Hall–Kier alpha value is -1.68. The number of benzene rings is 1. The molecular weight excluding hydrogens is 210 g/mol. The molecule has 3 nitrogen and oxygen atoms in total. The summed E-state index contributed by atoms with van der Waals surface area (Å²) in [5, 5.41) is 9.49. The van der Waals surface area contributed by atoms with Gasteiger partial charge in [0.05, 0.1) is 15.2 Å². The van der Waals surface area contributed by atoms with E-state index in [0.29, 0.717) is 6.42 Å². The van der Waals surface area contributed by atoms with Gasteiger partial charge in [0.15, 0.2) is 0 Å². The maximum atomic E-state index is 10.6. The Kier molecular flexibility index (Phi) is 2.51. The Balaban J connectivity index is 2.30. The molecule has 76 valence electrons. The highest BCUT2D eigenvalue weighted by Gasteiger charge is 2.09. The lowest BCUT2D eigenvalue weighted by atomic mass is 10.2. The molecule has 0 aliphatic heterocycles. The number of para-hydroxylation sites is 1. The summed E-state index contributed by atoms with van der Waals surface area (Å²) in [5.41, 5.74) is 1.09. The van der Waals surface area contributed by atoms with Gasteiger partial charge in [0.25, 0.3) is 0 Å². The summed E-state index contributed by atoms with van der Waals surface area (Å²) in [5.74, 6) is -0.964. The number of hydrogen-bond donors (Lipinski definition) is 1. The van der Waals surface area contributed by atoms with Crippen LogP contribution in [0.3, 0.4) is 0 Å². The molecule has 15 heavy (non-hydrogen) atoms. The molecule has 0 bridgehead atoms. The predicted octanol–water partition coefficient (Wildman–Crippen LogP) is 2.48. The van der Waals surface area contributed by atoms with Crippen LogP contribution in [0.5, 0.6) is 0 Å². The molecule has 2 aromatic rings. The third kappa shape index (κ3) is 2.05. The molecule has 0 aliphatic rings. The van der Waals surface area contributed by atoms with E-state index in [0.717, 1.165) is 15.2 Å². The zero-order valence-corrected chi connectivity index (χ0v) is 8.75. The second-order valence-corrected chi connectivity index (χ2v) is 4.28. The van der Waals surface area contributed by atoms with Crippen molar-refractivity contribution < 1.29 is 9.90 Å². The third-order valence-corrected chi connectivity index (χ3v) is 3.04. The van der Waals surface area contributed by atoms with Crippen molar-refractivity contribution in [1.29, 1.82) is 0 Å². The number of aromatic nitrogens is 1. The maximum Gasteiger partial charge on any atom is 0.331 e. The molecular formula is C11H9NO2S. The van der Waals surface area contributed by atoms with Gasteiger partial charge in [-0.15, -0.1) is 11.3 Å². The summed E-state index contributed by atoms with van der Waals surface area (Å²) in [7, 11) is 0. The van der Waals surface area contributed by atoms with Crippen molar-refractivity contribution in [3.63, 3.8) is 0 Å². The second kappa shape index (κ2) is 3.82. The second-order valence-electron chi connectivity index (χ2n) is 3.16. The van der Waals surface area contributed by atoms with Crippen LogP contribution in [-0.2, 0) is 11.2 Å². The Bertz CT molecular complexity index is 497. The maximum absolute atomic E-state index is 10.6. The molecule has 0 spiro atoms. The molecule has 1 heterocycles. The van der Waals surface area contributed by atoms with E-state index in [2.05, 4.69) is 11.6 Å². The molecule has 0 fully saturated rings. The van der Waals surface area contributed by atoms with E-state index in [4.69, 9.17) is 5.11 Å². The number of fused-ring (bicyclic) bond motifs is 1. The lowest BCUT2D eigenvalue weighted by Crippen LogP contribution is -2.01. The van der Waals surface area contributed by atoms with Crippen LogP contribution in [0.4, 0.5) is 0 Å². The quantitative estimate of drug-likeness (QED) is 0.807. The largest absolute Gasteiger partial charge is 0.478 e. The van der Waals surface area contributed by atoms with Crippen molar-refractivity contribution in [2.45, 2.75) is 6.42 Å². The highest BCUT2D eigenvalue weighted by molar-refractivity contribution is 7.18. The van der Waals surface area contributed by atoms with Crippen molar-refractivity contribution in [2.75, 3.05) is 0 Å². The van der Waals surface area contributed by atoms with Crippen LogP contribution in [0.1, 0.15) is 5.01 Å². The van der Waals surface area contributed by atoms with Crippen molar-refractivity contribution >= 4 is 27.5 Å². The summed E-state index contributed by atoms with van der Waals surface area (Å²) >= 11 is 1.51. The van der Waals surface area contributed by atoms with Gasteiger partial charge in [-0.3, -0.25) is 0 Å². The van der Waals surface area contributed by atoms with E-state index in [-0.39, 0.29) is 5.57 Å². The van der Waals surface area contributed by atoms with E-state index in [1.54, 1.807) is 0 Å². The molecule has 1 N–H and O–H groups in total. The molecule has 0 aliphatic carbocycles. The van der Waals surface area contributed by atoms with Gasteiger partial charge in [-0.2, -0.15) is 0 Å². The van der Waals surface area contributed by atoms with Crippen molar-refractivity contribution in [3.8, 4) is 0 Å². The van der Waals surface area contributed by atoms with Gasteiger partial charge in [0, 0.05) is 12.0 Å². The Morgan fingerprint density at radius 3 is 2.87 bits per heavy atom. The number of rotatable bonds is 3. The van der Waals surface area contributed by atoms with Gasteiger partial charge in [-0.25, -0.2) is 9.78 Å². The van der Waals surface area contributed by atoms with Crippen molar-refractivity contribution in [1.82, 2.24) is 4.98 Å². The number of carboxylic acids is 1. The van der Waals surface area contributed by atoms with Gasteiger partial charge in [-0.05, 0) is 12.1 Å². The minimum Gasteiger partial charge on any atom is -0.478 e. The van der Waals surface area contributed by atoms with Gasteiger partial charge in [0.2, 0.25) is 0 Å². The van der Waals surface area contributed by atoms with Crippen LogP contribution in [0.2, 0.25) is 0 Å². The van der Waals surface area contributed by atoms with Gasteiger partial charge >= 0.3 is 5.97 Å². The van der Waals surface area contributed by atoms with Crippen molar-refractivity contribution in [2.24, 2.45) is 0 Å². The van der Waals surface area contributed by atoms with E-state index in [1.807, 2.05) is 24.3 Å². The Morgan fingerprint density at radius 2 is 2.20 bits per heavy atom. The molecule has 0 atom stereocenters. The molecule has 0 radical (unpaired) electrons. The molecule has 0 amide bonds. The first kappa shape index (κ1) is 9.86. The molecule has 2 rings (SSSR count). The molecule has 1 aromatic carbocycles. The van der Waals surface area contributed by atoms with Gasteiger partial charge in [-0.1, -0.05) is 18.7 Å². The molecule has 4 heteroatoms. The van der Waals surface area contributed by atoms with Crippen LogP contribution >= 0.6 is 11.3 Å². The van der Waals surface area contributed by atoms with E-state index in [1.165, 1.54) is 11.3 Å². The van der Waals surface area contributed by atoms with Crippen LogP contribution < -0.4 is 0 Å². The highest BCUT2D eigenvalue weighted by Crippen LogP contribution is 2.23. The van der Waals surface area contributed by atoms with Crippen LogP contribution in [-0.4, -0.2) is 16.1 Å². The van der Waals surface area contributed by atoms with Crippen LogP contribution in [0, 0.1) is 0 Å². The van der Waals surface area contributed by atoms with E-state index >= 15 is 0 Å². The third-order valence-electron chi connectivity index (χ3n) is 2.01. The fraction of sp³-hybridized carbons (Fsp3) is 0.0909. The number of carbonyl (C=O) groups is 1. The Labute approximate surface area is 90.7 Å². The fourth-order valence-electron chi connectivity index (χ4n) is 1.25. The monoisotopic (exact) mass is 219 g/mol. The van der Waals surface area contributed by atoms with E-state index in [9.17, 15) is 4.79 Å². The lowest BCUT2D eigenvalue weighted by Gasteiger charge is -1.93. The first-order chi connectivity index (χ1) is 7.16. The summed E-state index contributed by atoms with van der Waals surface area (Å²) in [6.45, 7) is 3.49. The molecule has 0 saturated carbocycles. The van der Waals surface area contributed by atoms with Gasteiger partial charge < -0.3 is 5.11 Å². The summed E-state index contributed by atoms with van der Waals surface area (Å²) < 4.78 is 1.07. The topological polar surface area (TPSA) is 50.2 Å². The SMILES string of the molecule is C=C(Cc1nc2ccccc2s1)C(=O)O. The normalized spacial score (nSPS) is 10.4. The van der Waals surface area contributed by atoms with Crippen LogP contribution in [0.15, 0.2) is 36.4 Å². The minimum atomic E-state index is -0.964. The van der Waals surface area contributed by atoms with Crippen molar-refractivity contribution in [3.05, 3.63) is 41.4 Å². The molecule has 0 saturated heterocycles. The number of thiazole rings is 1. The molecule has 0 unspecified atom stereocenters. The predicted molar refractivity (Wildman–Crippen MR) is 60.1 cm³/mol. The zero-order chi connectivity index (χ0) is 10.8. The number of carboxylic acid groups (broad SMARTS) is 1. The van der Waals surface area contributed by atoms with Gasteiger partial charge in [0.1, 0.15) is 0 Å². The first-order valence-electron chi connectivity index (χ1n) is 4.42. The summed E-state index contributed by atoms with van der Waals surface area (Å²) in [6, 6.07) is 7.74. The lowest BCUT2D eigenvalue weighted by molar-refractivity contribution is -0.132. The number of nitrogens with zero attached hydrogens (tertiary/aromatic N) is 1. The average molecular weight is 219 g/mol. The smallest absolute Gasteiger partial charge is 0.331 e. The summed E-state index contributed by atoms with van der Waals surface area (Å²) in [4.78, 5) is 14.9. The highest BCUT2D eigenvalue weighted by atomic mass is 32.1. The standard InChI is InChI=1S/C11H9NO2S/c1-7(11(13)14)6-10-12-8-4-2-3-5-9(8)15-10/h2-5H,1,6H2,(H,13,14). The molecule has 1 aromatic heterocycles. The Morgan fingerprint density at radius 1 is 1.47 bits per heavy atom. The van der Waals surface area contributed by atoms with E-state index < -0.39 is 5.97 Å². The minimum absolute atomic E-state index is 0.175. The first-order valence-corrected chi connectivity index (χ1v) is 5.24. The van der Waals surface area contributed by atoms with Crippen LogP contribution in [0.25, 0.3) is 10.2 Å².